The molecule has 3 N–H and O–H groups in total. The molecule has 12 heteroatoms. The summed E-state index contributed by atoms with van der Waals surface area (Å²) in [5, 5.41) is 8.56. The van der Waals surface area contributed by atoms with Gasteiger partial charge in [0.15, 0.2) is 0 Å². The smallest absolute Gasteiger partial charge is 0.310 e. The number of nitrogens with one attached hydrogen (secondary N) is 3. The largest absolute Gasteiger partial charge is 0.433 e. The van der Waals surface area contributed by atoms with Crippen molar-refractivity contribution in [2.45, 2.75) is 97.7 Å². The van der Waals surface area contributed by atoms with E-state index in [0.29, 0.717) is 18.7 Å². The molecule has 3 fully saturated rings. The number of halogens is 1. The van der Waals surface area contributed by atoms with Gasteiger partial charge in [0.05, 0.1) is 22.7 Å². The van der Waals surface area contributed by atoms with Gasteiger partial charge in [0.25, 0.3) is 5.91 Å². The van der Waals surface area contributed by atoms with Gasteiger partial charge in [-0.1, -0.05) is 52.3 Å². The summed E-state index contributed by atoms with van der Waals surface area (Å²) in [4.78, 5) is 67.1. The second-order valence-corrected chi connectivity index (χ2v) is 13.0. The van der Waals surface area contributed by atoms with Gasteiger partial charge in [-0.2, -0.15) is 0 Å². The zero-order valence-electron chi connectivity index (χ0n) is 25.0. The molecule has 2 heterocycles. The first-order chi connectivity index (χ1) is 19.7. The maximum absolute atomic E-state index is 14.2. The quantitative estimate of drug-likeness (QED) is 0.367. The van der Waals surface area contributed by atoms with Crippen LogP contribution in [0.1, 0.15) is 77.6 Å². The summed E-state index contributed by atoms with van der Waals surface area (Å²) in [7, 11) is 0. The van der Waals surface area contributed by atoms with Crippen LogP contribution < -0.4 is 16.0 Å². The first-order valence-electron chi connectivity index (χ1n) is 14.6. The molecule has 1 aromatic carbocycles. The number of benzene rings is 1. The fourth-order valence-electron chi connectivity index (χ4n) is 5.97. The molecule has 2 aliphatic heterocycles. The Balaban J connectivity index is 1.55. The molecule has 2 bridgehead atoms. The summed E-state index contributed by atoms with van der Waals surface area (Å²) in [6.45, 7) is 11.1. The average molecular weight is 605 g/mol. The van der Waals surface area contributed by atoms with Crippen LogP contribution in [-0.2, 0) is 28.7 Å². The van der Waals surface area contributed by atoms with Gasteiger partial charge in [0.1, 0.15) is 18.1 Å². The summed E-state index contributed by atoms with van der Waals surface area (Å²) in [5.41, 5.74) is -0.294. The molecule has 6 atom stereocenters. The van der Waals surface area contributed by atoms with Gasteiger partial charge < -0.3 is 30.3 Å². The lowest BCUT2D eigenvalue weighted by Crippen LogP contribution is -2.62. The predicted molar refractivity (Wildman–Crippen MR) is 155 cm³/mol. The number of fused-ring (bicyclic) bond motifs is 2. The van der Waals surface area contributed by atoms with E-state index in [0.717, 1.165) is 12.8 Å². The topological polar surface area (TPSA) is 143 Å². The number of carbonyl (C=O) groups is 5. The molecule has 1 aromatic rings. The molecule has 1 saturated carbocycles. The number of nitrogens with zero attached hydrogens (tertiary/aromatic N) is 1. The Morgan fingerprint density at radius 3 is 2.52 bits per heavy atom. The SMILES string of the molecule is CCOC1OC(=O)CC1NC(=O)C1C2CCC(C2)N1C(=O)C(NC(=O)c1cccc(NC(=O)C(C)C)c1Cl)C(C)(C)C. The number of hydrogen-bond acceptors (Lipinski definition) is 7. The summed E-state index contributed by atoms with van der Waals surface area (Å²) in [6.07, 6.45) is 1.37. The molecule has 0 spiro atoms. The third-order valence-electron chi connectivity index (χ3n) is 8.14. The van der Waals surface area contributed by atoms with E-state index in [1.54, 1.807) is 37.8 Å². The lowest BCUT2D eigenvalue weighted by atomic mass is 9.84. The zero-order chi connectivity index (χ0) is 30.9. The van der Waals surface area contributed by atoms with Crippen LogP contribution in [0.3, 0.4) is 0 Å². The summed E-state index contributed by atoms with van der Waals surface area (Å²) in [5.74, 6) is -2.31. The molecule has 2 saturated heterocycles. The predicted octanol–water partition coefficient (Wildman–Crippen LogP) is 3.25. The highest BCUT2D eigenvalue weighted by molar-refractivity contribution is 6.37. The number of piperidine rings is 1. The lowest BCUT2D eigenvalue weighted by molar-refractivity contribution is -0.165. The average Bonchev–Trinajstić information content (AvgIpc) is 3.62. The lowest BCUT2D eigenvalue weighted by Gasteiger charge is -2.40. The maximum Gasteiger partial charge on any atom is 0.310 e. The number of cyclic esters (lactones) is 1. The first kappa shape index (κ1) is 31.7. The number of esters is 1. The van der Waals surface area contributed by atoms with E-state index < -0.39 is 41.7 Å². The second kappa shape index (κ2) is 12.6. The van der Waals surface area contributed by atoms with Crippen LogP contribution in [0.4, 0.5) is 5.69 Å². The number of ether oxygens (including phenoxy) is 2. The minimum absolute atomic E-state index is 0.0106. The van der Waals surface area contributed by atoms with E-state index in [4.69, 9.17) is 21.1 Å². The number of rotatable bonds is 9. The highest BCUT2D eigenvalue weighted by atomic mass is 35.5. The van der Waals surface area contributed by atoms with Crippen molar-refractivity contribution in [3.05, 3.63) is 28.8 Å². The van der Waals surface area contributed by atoms with Crippen molar-refractivity contribution in [2.24, 2.45) is 17.3 Å². The number of amides is 4. The summed E-state index contributed by atoms with van der Waals surface area (Å²) < 4.78 is 10.7. The number of anilines is 1. The number of hydrogen-bond donors (Lipinski definition) is 3. The molecule has 4 rings (SSSR count). The Hall–Kier alpha value is -3.18. The minimum Gasteiger partial charge on any atom is -0.433 e. The van der Waals surface area contributed by atoms with Crippen LogP contribution in [0.15, 0.2) is 18.2 Å². The van der Waals surface area contributed by atoms with E-state index in [1.807, 2.05) is 20.8 Å². The van der Waals surface area contributed by atoms with Crippen molar-refractivity contribution < 1.29 is 33.4 Å². The van der Waals surface area contributed by atoms with Crippen LogP contribution in [0.2, 0.25) is 5.02 Å². The highest BCUT2D eigenvalue weighted by Gasteiger charge is 2.54. The molecule has 230 valence electrons. The van der Waals surface area contributed by atoms with Gasteiger partial charge in [-0.05, 0) is 49.7 Å². The van der Waals surface area contributed by atoms with E-state index in [1.165, 1.54) is 6.07 Å². The van der Waals surface area contributed by atoms with Gasteiger partial charge in [-0.15, -0.1) is 0 Å². The number of carbonyl (C=O) groups excluding carboxylic acids is 5. The van der Waals surface area contributed by atoms with Crippen molar-refractivity contribution >= 4 is 46.9 Å². The molecule has 3 aliphatic rings. The third-order valence-corrected chi connectivity index (χ3v) is 8.55. The Labute approximate surface area is 251 Å². The van der Waals surface area contributed by atoms with Gasteiger partial charge in [0.2, 0.25) is 24.0 Å². The van der Waals surface area contributed by atoms with Gasteiger partial charge >= 0.3 is 5.97 Å². The van der Waals surface area contributed by atoms with E-state index in [2.05, 4.69) is 16.0 Å². The molecule has 1 aliphatic carbocycles. The monoisotopic (exact) mass is 604 g/mol. The molecular weight excluding hydrogens is 564 g/mol. The second-order valence-electron chi connectivity index (χ2n) is 12.6. The molecule has 6 unspecified atom stereocenters. The van der Waals surface area contributed by atoms with Gasteiger partial charge in [0, 0.05) is 18.6 Å². The highest BCUT2D eigenvalue weighted by Crippen LogP contribution is 2.44. The minimum atomic E-state index is -0.975. The summed E-state index contributed by atoms with van der Waals surface area (Å²) in [6, 6.07) is 2.24. The molecule has 42 heavy (non-hydrogen) atoms. The van der Waals surface area contributed by atoms with Crippen molar-refractivity contribution in [3.63, 3.8) is 0 Å². The van der Waals surface area contributed by atoms with E-state index >= 15 is 0 Å². The molecule has 0 aromatic heterocycles. The molecule has 0 radical (unpaired) electrons. The van der Waals surface area contributed by atoms with Crippen LogP contribution in [0.25, 0.3) is 0 Å². The first-order valence-corrected chi connectivity index (χ1v) is 14.9. The molecular formula is C30H41ClN4O7. The number of likely N-dealkylation sites (tertiary alicyclic amines) is 1. The van der Waals surface area contributed by atoms with Crippen LogP contribution in [0, 0.1) is 17.3 Å². The van der Waals surface area contributed by atoms with Gasteiger partial charge in [-0.25, -0.2) is 0 Å². The van der Waals surface area contributed by atoms with Crippen LogP contribution in [-0.4, -0.2) is 71.6 Å². The zero-order valence-corrected chi connectivity index (χ0v) is 25.7. The maximum atomic E-state index is 14.2. The van der Waals surface area contributed by atoms with E-state index in [-0.39, 0.29) is 52.6 Å². The van der Waals surface area contributed by atoms with Crippen molar-refractivity contribution in [1.82, 2.24) is 15.5 Å². The van der Waals surface area contributed by atoms with E-state index in [9.17, 15) is 24.0 Å². The van der Waals surface area contributed by atoms with Gasteiger partial charge in [-0.3, -0.25) is 24.0 Å². The Kier molecular flexibility index (Phi) is 9.52. The third kappa shape index (κ3) is 6.57. The van der Waals surface area contributed by atoms with Crippen LogP contribution >= 0.6 is 11.6 Å². The fraction of sp³-hybridized carbons (Fsp3) is 0.633. The fourth-order valence-corrected chi connectivity index (χ4v) is 6.23. The normalized spacial score (nSPS) is 25.8. The molecule has 4 amide bonds. The van der Waals surface area contributed by atoms with Crippen molar-refractivity contribution in [3.8, 4) is 0 Å². The Bertz CT molecular complexity index is 1250. The molecule has 11 nitrogen and oxygen atoms in total. The van der Waals surface area contributed by atoms with Crippen LogP contribution in [0.5, 0.6) is 0 Å². The Morgan fingerprint density at radius 1 is 1.17 bits per heavy atom. The Morgan fingerprint density at radius 2 is 1.88 bits per heavy atom. The summed E-state index contributed by atoms with van der Waals surface area (Å²) >= 11 is 6.53. The standard InChI is InChI=1S/C30H41ClN4O7/c1-7-41-29-20(14-21(36)42-29)33-27(39)23-16-11-12-17(13-16)35(23)28(40)24(30(4,5)6)34-26(38)18-9-8-10-19(22(18)31)32-25(37)15(2)3/h8-10,15-17,20,23-24,29H,7,11-14H2,1-6H3,(H,32,37)(H,33,39)(H,34,38). The van der Waals surface area contributed by atoms with Crippen molar-refractivity contribution in [2.75, 3.05) is 11.9 Å². The van der Waals surface area contributed by atoms with Crippen molar-refractivity contribution in [1.29, 1.82) is 0 Å².